The Morgan fingerprint density at radius 3 is 2.85 bits per heavy atom. The maximum absolute atomic E-state index is 12.1. The Labute approximate surface area is 118 Å². The number of carbonyl (C=O) groups excluding carboxylic acids is 1. The Kier molecular flexibility index (Phi) is 4.49. The van der Waals surface area contributed by atoms with Gasteiger partial charge in [0.2, 0.25) is 6.79 Å². The van der Waals surface area contributed by atoms with Crippen LogP contribution in [-0.4, -0.2) is 31.0 Å². The molecule has 1 aromatic rings. The zero-order chi connectivity index (χ0) is 14.6. The van der Waals surface area contributed by atoms with Gasteiger partial charge in [0.1, 0.15) is 0 Å². The maximum atomic E-state index is 12.1. The first-order chi connectivity index (χ1) is 9.52. The summed E-state index contributed by atoms with van der Waals surface area (Å²) in [5, 5.41) is 11.8. The standard InChI is InChI=1S/C15H21NO4/c1-15(2,6-3-7-17)9-16-14(18)11-4-5-12-13(8-11)20-10-19-12/h4-5,8,17H,3,6-7,9-10H2,1-2H3,(H,16,18). The minimum Gasteiger partial charge on any atom is -0.454 e. The number of aliphatic hydroxyl groups is 1. The van der Waals surface area contributed by atoms with Crippen molar-refractivity contribution in [2.45, 2.75) is 26.7 Å². The third kappa shape index (κ3) is 3.63. The van der Waals surface area contributed by atoms with Gasteiger partial charge in [-0.25, -0.2) is 0 Å². The van der Waals surface area contributed by atoms with Crippen LogP contribution in [0, 0.1) is 5.41 Å². The lowest BCUT2D eigenvalue weighted by Gasteiger charge is -2.24. The van der Waals surface area contributed by atoms with Gasteiger partial charge in [-0.05, 0) is 36.5 Å². The summed E-state index contributed by atoms with van der Waals surface area (Å²) in [5.41, 5.74) is 0.529. The number of nitrogens with one attached hydrogen (secondary N) is 1. The molecule has 1 aliphatic rings. The molecule has 0 unspecified atom stereocenters. The molecule has 0 fully saturated rings. The van der Waals surface area contributed by atoms with Gasteiger partial charge < -0.3 is 19.9 Å². The molecule has 0 saturated heterocycles. The molecule has 0 spiro atoms. The van der Waals surface area contributed by atoms with Crippen LogP contribution in [0.2, 0.25) is 0 Å². The first-order valence-corrected chi connectivity index (χ1v) is 6.80. The molecule has 20 heavy (non-hydrogen) atoms. The summed E-state index contributed by atoms with van der Waals surface area (Å²) in [6.07, 6.45) is 1.61. The number of carbonyl (C=O) groups is 1. The molecule has 5 heteroatoms. The van der Waals surface area contributed by atoms with Crippen molar-refractivity contribution in [3.05, 3.63) is 23.8 Å². The Bertz CT molecular complexity index is 485. The van der Waals surface area contributed by atoms with E-state index in [1.54, 1.807) is 18.2 Å². The molecular weight excluding hydrogens is 258 g/mol. The molecule has 0 atom stereocenters. The highest BCUT2D eigenvalue weighted by molar-refractivity contribution is 5.94. The Hall–Kier alpha value is -1.75. The lowest BCUT2D eigenvalue weighted by atomic mass is 9.88. The highest BCUT2D eigenvalue weighted by atomic mass is 16.7. The van der Waals surface area contributed by atoms with Crippen molar-refractivity contribution in [2.24, 2.45) is 5.41 Å². The van der Waals surface area contributed by atoms with Gasteiger partial charge in [0.25, 0.3) is 5.91 Å². The van der Waals surface area contributed by atoms with Crippen molar-refractivity contribution >= 4 is 5.91 Å². The van der Waals surface area contributed by atoms with Crippen LogP contribution in [-0.2, 0) is 0 Å². The average molecular weight is 279 g/mol. The number of hydrogen-bond acceptors (Lipinski definition) is 4. The van der Waals surface area contributed by atoms with Crippen molar-refractivity contribution in [2.75, 3.05) is 19.9 Å². The fourth-order valence-electron chi connectivity index (χ4n) is 2.11. The van der Waals surface area contributed by atoms with Crippen LogP contribution in [0.4, 0.5) is 0 Å². The average Bonchev–Trinajstić information content (AvgIpc) is 2.90. The fraction of sp³-hybridized carbons (Fsp3) is 0.533. The highest BCUT2D eigenvalue weighted by Crippen LogP contribution is 2.32. The van der Waals surface area contributed by atoms with Gasteiger partial charge in [-0.2, -0.15) is 0 Å². The predicted molar refractivity (Wildman–Crippen MR) is 75.0 cm³/mol. The summed E-state index contributed by atoms with van der Waals surface area (Å²) in [6.45, 7) is 5.10. The second-order valence-electron chi connectivity index (χ2n) is 5.74. The zero-order valence-electron chi connectivity index (χ0n) is 11.9. The number of aliphatic hydroxyl groups excluding tert-OH is 1. The van der Waals surface area contributed by atoms with Crippen LogP contribution in [0.3, 0.4) is 0 Å². The normalized spacial score (nSPS) is 13.3. The molecule has 0 aliphatic carbocycles. The molecule has 5 nitrogen and oxygen atoms in total. The van der Waals surface area contributed by atoms with E-state index in [9.17, 15) is 4.79 Å². The molecule has 1 amide bonds. The number of amides is 1. The topological polar surface area (TPSA) is 67.8 Å². The van der Waals surface area contributed by atoms with Crippen molar-refractivity contribution in [1.29, 1.82) is 0 Å². The Balaban J connectivity index is 1.92. The van der Waals surface area contributed by atoms with E-state index in [-0.39, 0.29) is 24.7 Å². The predicted octanol–water partition coefficient (Wildman–Crippen LogP) is 1.94. The molecule has 1 aliphatic heterocycles. The van der Waals surface area contributed by atoms with E-state index < -0.39 is 0 Å². The van der Waals surface area contributed by atoms with E-state index in [1.807, 2.05) is 0 Å². The smallest absolute Gasteiger partial charge is 0.251 e. The van der Waals surface area contributed by atoms with Gasteiger partial charge in [-0.3, -0.25) is 4.79 Å². The summed E-state index contributed by atoms with van der Waals surface area (Å²) in [7, 11) is 0. The number of fused-ring (bicyclic) bond motifs is 1. The Morgan fingerprint density at radius 2 is 2.10 bits per heavy atom. The van der Waals surface area contributed by atoms with Gasteiger partial charge in [0, 0.05) is 18.7 Å². The van der Waals surface area contributed by atoms with E-state index >= 15 is 0 Å². The molecule has 1 aromatic carbocycles. The fourth-order valence-corrected chi connectivity index (χ4v) is 2.11. The van der Waals surface area contributed by atoms with E-state index in [4.69, 9.17) is 14.6 Å². The maximum Gasteiger partial charge on any atom is 0.251 e. The number of rotatable bonds is 6. The summed E-state index contributed by atoms with van der Waals surface area (Å²) in [5.74, 6) is 1.15. The number of hydrogen-bond donors (Lipinski definition) is 2. The van der Waals surface area contributed by atoms with Crippen LogP contribution in [0.15, 0.2) is 18.2 Å². The van der Waals surface area contributed by atoms with Crippen molar-refractivity contribution in [1.82, 2.24) is 5.32 Å². The summed E-state index contributed by atoms with van der Waals surface area (Å²) in [6, 6.07) is 5.16. The minimum atomic E-state index is -0.125. The first kappa shape index (κ1) is 14.7. The second-order valence-corrected chi connectivity index (χ2v) is 5.74. The summed E-state index contributed by atoms with van der Waals surface area (Å²) < 4.78 is 10.5. The molecular formula is C15H21NO4. The van der Waals surface area contributed by atoms with Crippen LogP contribution in [0.1, 0.15) is 37.0 Å². The van der Waals surface area contributed by atoms with Gasteiger partial charge in [-0.1, -0.05) is 13.8 Å². The van der Waals surface area contributed by atoms with Crippen molar-refractivity contribution in [3.63, 3.8) is 0 Å². The summed E-state index contributed by atoms with van der Waals surface area (Å²) >= 11 is 0. The minimum absolute atomic E-state index is 0.0330. The van der Waals surface area contributed by atoms with Crippen LogP contribution in [0.5, 0.6) is 11.5 Å². The molecule has 1 heterocycles. The SMILES string of the molecule is CC(C)(CCCO)CNC(=O)c1ccc2c(c1)OCO2. The van der Waals surface area contributed by atoms with Crippen LogP contribution < -0.4 is 14.8 Å². The quantitative estimate of drug-likeness (QED) is 0.835. The van der Waals surface area contributed by atoms with Crippen LogP contribution in [0.25, 0.3) is 0 Å². The monoisotopic (exact) mass is 279 g/mol. The highest BCUT2D eigenvalue weighted by Gasteiger charge is 2.20. The van der Waals surface area contributed by atoms with Gasteiger partial charge in [0.15, 0.2) is 11.5 Å². The van der Waals surface area contributed by atoms with Gasteiger partial charge >= 0.3 is 0 Å². The number of ether oxygens (including phenoxy) is 2. The van der Waals surface area contributed by atoms with E-state index in [1.165, 1.54) is 0 Å². The molecule has 2 rings (SSSR count). The van der Waals surface area contributed by atoms with Crippen LogP contribution >= 0.6 is 0 Å². The van der Waals surface area contributed by atoms with E-state index in [0.29, 0.717) is 23.6 Å². The third-order valence-electron chi connectivity index (χ3n) is 3.37. The zero-order valence-corrected chi connectivity index (χ0v) is 11.9. The lowest BCUT2D eigenvalue weighted by Crippen LogP contribution is -2.34. The van der Waals surface area contributed by atoms with E-state index in [0.717, 1.165) is 12.8 Å². The molecule has 0 bridgehead atoms. The van der Waals surface area contributed by atoms with Crippen molar-refractivity contribution in [3.8, 4) is 11.5 Å². The van der Waals surface area contributed by atoms with E-state index in [2.05, 4.69) is 19.2 Å². The number of benzene rings is 1. The first-order valence-electron chi connectivity index (χ1n) is 6.80. The lowest BCUT2D eigenvalue weighted by molar-refractivity contribution is 0.0932. The molecule has 110 valence electrons. The molecule has 2 N–H and O–H groups in total. The van der Waals surface area contributed by atoms with Crippen molar-refractivity contribution < 1.29 is 19.4 Å². The Morgan fingerprint density at radius 1 is 1.35 bits per heavy atom. The van der Waals surface area contributed by atoms with Gasteiger partial charge in [0.05, 0.1) is 0 Å². The largest absolute Gasteiger partial charge is 0.454 e. The third-order valence-corrected chi connectivity index (χ3v) is 3.37. The molecule has 0 radical (unpaired) electrons. The molecule has 0 saturated carbocycles. The second kappa shape index (κ2) is 6.13. The molecule has 0 aromatic heterocycles. The summed E-state index contributed by atoms with van der Waals surface area (Å²) in [4.78, 5) is 12.1. The van der Waals surface area contributed by atoms with Gasteiger partial charge in [-0.15, -0.1) is 0 Å².